The van der Waals surface area contributed by atoms with Crippen LogP contribution in [0.2, 0.25) is 0 Å². The van der Waals surface area contributed by atoms with Crippen molar-refractivity contribution in [3.8, 4) is 0 Å². The molecule has 1 atom stereocenters. The van der Waals surface area contributed by atoms with Gasteiger partial charge in [0.25, 0.3) is 0 Å². The van der Waals surface area contributed by atoms with Crippen LogP contribution in [0, 0.1) is 6.92 Å². The van der Waals surface area contributed by atoms with Gasteiger partial charge in [-0.15, -0.1) is 0 Å². The van der Waals surface area contributed by atoms with Gasteiger partial charge in [0.1, 0.15) is 0 Å². The molecule has 6 nitrogen and oxygen atoms in total. The maximum atomic E-state index is 11.9. The highest BCUT2D eigenvalue weighted by Crippen LogP contribution is 2.25. The third-order valence-electron chi connectivity index (χ3n) is 3.01. The number of likely N-dealkylation sites (tertiary alicyclic amines) is 1. The van der Waals surface area contributed by atoms with E-state index in [1.807, 2.05) is 18.7 Å². The van der Waals surface area contributed by atoms with E-state index in [2.05, 4.69) is 15.5 Å². The Hall–Kier alpha value is -1.59. The minimum absolute atomic E-state index is 0.00839. The third kappa shape index (κ3) is 3.00. The summed E-state index contributed by atoms with van der Waals surface area (Å²) in [5.74, 6) is 1.46. The van der Waals surface area contributed by atoms with E-state index >= 15 is 0 Å². The molecule has 1 N–H and O–H groups in total. The van der Waals surface area contributed by atoms with E-state index in [-0.39, 0.29) is 18.0 Å². The minimum atomic E-state index is -0.00839. The second kappa shape index (κ2) is 5.37. The Morgan fingerprint density at radius 1 is 1.56 bits per heavy atom. The lowest BCUT2D eigenvalue weighted by atomic mass is 9.98. The second-order valence-corrected chi connectivity index (χ2v) is 5.07. The Kier molecular flexibility index (Phi) is 3.84. The first-order valence-corrected chi connectivity index (χ1v) is 6.42. The van der Waals surface area contributed by atoms with E-state index in [1.54, 1.807) is 6.92 Å². The van der Waals surface area contributed by atoms with Gasteiger partial charge >= 0.3 is 6.03 Å². The summed E-state index contributed by atoms with van der Waals surface area (Å²) < 4.78 is 5.19. The molecule has 18 heavy (non-hydrogen) atoms. The van der Waals surface area contributed by atoms with Gasteiger partial charge in [0, 0.05) is 19.1 Å². The summed E-state index contributed by atoms with van der Waals surface area (Å²) in [6.45, 7) is 7.17. The normalized spacial score (nSPS) is 20.2. The van der Waals surface area contributed by atoms with Gasteiger partial charge in [-0.3, -0.25) is 0 Å². The largest absolute Gasteiger partial charge is 0.339 e. The zero-order chi connectivity index (χ0) is 13.1. The van der Waals surface area contributed by atoms with Gasteiger partial charge in [-0.05, 0) is 33.6 Å². The van der Waals surface area contributed by atoms with Gasteiger partial charge in [0.05, 0.1) is 5.92 Å². The SMILES string of the molecule is Cc1noc([C@H]2CCCN(C(=O)NC(C)C)C2)n1. The van der Waals surface area contributed by atoms with Crippen molar-refractivity contribution in [1.82, 2.24) is 20.4 Å². The van der Waals surface area contributed by atoms with Crippen molar-refractivity contribution in [2.24, 2.45) is 0 Å². The fourth-order valence-corrected chi connectivity index (χ4v) is 2.18. The lowest BCUT2D eigenvalue weighted by molar-refractivity contribution is 0.170. The predicted octanol–water partition coefficient (Wildman–Crippen LogP) is 1.68. The van der Waals surface area contributed by atoms with Crippen LogP contribution in [0.5, 0.6) is 0 Å². The minimum Gasteiger partial charge on any atom is -0.339 e. The number of hydrogen-bond donors (Lipinski definition) is 1. The molecule has 0 unspecified atom stereocenters. The molecule has 2 amide bonds. The van der Waals surface area contributed by atoms with Gasteiger partial charge in [-0.25, -0.2) is 4.79 Å². The number of piperidine rings is 1. The summed E-state index contributed by atoms with van der Waals surface area (Å²) in [5, 5.41) is 6.71. The second-order valence-electron chi connectivity index (χ2n) is 5.07. The quantitative estimate of drug-likeness (QED) is 0.869. The number of aryl methyl sites for hydroxylation is 1. The number of nitrogens with zero attached hydrogens (tertiary/aromatic N) is 3. The molecule has 0 bridgehead atoms. The standard InChI is InChI=1S/C12H20N4O2/c1-8(2)13-12(17)16-6-4-5-10(7-16)11-14-9(3)15-18-11/h8,10H,4-7H2,1-3H3,(H,13,17)/t10-/m0/s1. The molecule has 100 valence electrons. The molecule has 1 aliphatic heterocycles. The maximum Gasteiger partial charge on any atom is 0.317 e. The van der Waals surface area contributed by atoms with Gasteiger partial charge < -0.3 is 14.7 Å². The maximum absolute atomic E-state index is 11.9. The average Bonchev–Trinajstić information content (AvgIpc) is 2.75. The van der Waals surface area contributed by atoms with Crippen molar-refractivity contribution in [1.29, 1.82) is 0 Å². The van der Waals surface area contributed by atoms with Gasteiger partial charge in [0.2, 0.25) is 5.89 Å². The van der Waals surface area contributed by atoms with Crippen molar-refractivity contribution < 1.29 is 9.32 Å². The lowest BCUT2D eigenvalue weighted by Gasteiger charge is -2.31. The van der Waals surface area contributed by atoms with E-state index in [4.69, 9.17) is 4.52 Å². The van der Waals surface area contributed by atoms with Crippen LogP contribution in [0.25, 0.3) is 0 Å². The van der Waals surface area contributed by atoms with Crippen molar-refractivity contribution in [3.63, 3.8) is 0 Å². The number of carbonyl (C=O) groups is 1. The molecule has 1 aromatic rings. The number of amides is 2. The van der Waals surface area contributed by atoms with Crippen molar-refractivity contribution in [2.45, 2.75) is 45.6 Å². The van der Waals surface area contributed by atoms with Crippen molar-refractivity contribution in [3.05, 3.63) is 11.7 Å². The first-order valence-electron chi connectivity index (χ1n) is 6.42. The highest BCUT2D eigenvalue weighted by Gasteiger charge is 2.28. The Bertz CT molecular complexity index is 416. The molecule has 1 fully saturated rings. The molecule has 1 aromatic heterocycles. The Balaban J connectivity index is 1.98. The summed E-state index contributed by atoms with van der Waals surface area (Å²) in [6, 6.07) is 0.148. The first-order chi connectivity index (χ1) is 8.56. The first kappa shape index (κ1) is 12.9. The molecule has 0 spiro atoms. The van der Waals surface area contributed by atoms with Gasteiger partial charge in [-0.2, -0.15) is 4.98 Å². The predicted molar refractivity (Wildman–Crippen MR) is 66.3 cm³/mol. The number of aromatic nitrogens is 2. The molecular weight excluding hydrogens is 232 g/mol. The van der Waals surface area contributed by atoms with E-state index in [1.165, 1.54) is 0 Å². The molecule has 1 aliphatic rings. The highest BCUT2D eigenvalue weighted by atomic mass is 16.5. The van der Waals surface area contributed by atoms with Crippen LogP contribution in [-0.4, -0.2) is 40.2 Å². The summed E-state index contributed by atoms with van der Waals surface area (Å²) in [6.07, 6.45) is 1.96. The highest BCUT2D eigenvalue weighted by molar-refractivity contribution is 5.74. The molecule has 1 saturated heterocycles. The lowest BCUT2D eigenvalue weighted by Crippen LogP contribution is -2.47. The zero-order valence-corrected chi connectivity index (χ0v) is 11.1. The van der Waals surface area contributed by atoms with Crippen LogP contribution in [-0.2, 0) is 0 Å². The van der Waals surface area contributed by atoms with Crippen LogP contribution in [0.1, 0.15) is 44.3 Å². The third-order valence-corrected chi connectivity index (χ3v) is 3.01. The van der Waals surface area contributed by atoms with Crippen LogP contribution in [0.3, 0.4) is 0 Å². The van der Waals surface area contributed by atoms with Crippen LogP contribution < -0.4 is 5.32 Å². The van der Waals surface area contributed by atoms with Gasteiger partial charge in [0.15, 0.2) is 5.82 Å². The van der Waals surface area contributed by atoms with Crippen LogP contribution in [0.4, 0.5) is 4.79 Å². The molecule has 6 heteroatoms. The Labute approximate surface area is 107 Å². The summed E-state index contributed by atoms with van der Waals surface area (Å²) >= 11 is 0. The van der Waals surface area contributed by atoms with Crippen LogP contribution in [0.15, 0.2) is 4.52 Å². The number of rotatable bonds is 2. The topological polar surface area (TPSA) is 71.3 Å². The average molecular weight is 252 g/mol. The number of carbonyl (C=O) groups excluding carboxylic acids is 1. The molecule has 0 radical (unpaired) electrons. The summed E-state index contributed by atoms with van der Waals surface area (Å²) in [5.41, 5.74) is 0. The Morgan fingerprint density at radius 3 is 2.94 bits per heavy atom. The summed E-state index contributed by atoms with van der Waals surface area (Å²) in [4.78, 5) is 18.0. The van der Waals surface area contributed by atoms with E-state index in [0.29, 0.717) is 18.3 Å². The number of hydrogen-bond acceptors (Lipinski definition) is 4. The molecule has 0 aliphatic carbocycles. The van der Waals surface area contributed by atoms with Crippen LogP contribution >= 0.6 is 0 Å². The van der Waals surface area contributed by atoms with Gasteiger partial charge in [-0.1, -0.05) is 5.16 Å². The van der Waals surface area contributed by atoms with E-state index in [0.717, 1.165) is 19.4 Å². The molecular formula is C12H20N4O2. The monoisotopic (exact) mass is 252 g/mol. The molecule has 0 aromatic carbocycles. The zero-order valence-electron chi connectivity index (χ0n) is 11.1. The fraction of sp³-hybridized carbons (Fsp3) is 0.750. The smallest absolute Gasteiger partial charge is 0.317 e. The fourth-order valence-electron chi connectivity index (χ4n) is 2.18. The molecule has 2 heterocycles. The molecule has 0 saturated carbocycles. The van der Waals surface area contributed by atoms with E-state index in [9.17, 15) is 4.79 Å². The van der Waals surface area contributed by atoms with Crippen molar-refractivity contribution in [2.75, 3.05) is 13.1 Å². The summed E-state index contributed by atoms with van der Waals surface area (Å²) in [7, 11) is 0. The number of urea groups is 1. The van der Waals surface area contributed by atoms with Crippen molar-refractivity contribution >= 4 is 6.03 Å². The number of nitrogens with one attached hydrogen (secondary N) is 1. The van der Waals surface area contributed by atoms with E-state index < -0.39 is 0 Å². The Morgan fingerprint density at radius 2 is 2.33 bits per heavy atom. The molecule has 2 rings (SSSR count).